The van der Waals surface area contributed by atoms with E-state index in [0.717, 1.165) is 5.56 Å². The number of hydrogen-bond acceptors (Lipinski definition) is 8. The van der Waals surface area contributed by atoms with Crippen LogP contribution in [-0.2, 0) is 35.3 Å². The SMILES string of the molecule is CCC[C@H](NC(=O)[C@@H](NC(=O)CCCC(=O)O)[C@@H](C)CC)C(=O)NC(CN[C@@H](C)C(=O)N[C@H](C(=O)NCc1cccnc1)C(C)C)CC(C)C. The molecule has 0 bridgehead atoms. The molecule has 0 aliphatic carbocycles. The van der Waals surface area contributed by atoms with Gasteiger partial charge in [-0.1, -0.05) is 67.4 Å². The number of carbonyl (C=O) groups excluding carboxylic acids is 5. The molecule has 1 rings (SSSR count). The highest BCUT2D eigenvalue weighted by atomic mass is 16.4. The van der Waals surface area contributed by atoms with Crippen LogP contribution < -0.4 is 31.9 Å². The molecule has 1 aromatic rings. The number of aromatic nitrogens is 1. The van der Waals surface area contributed by atoms with Crippen molar-refractivity contribution in [1.82, 2.24) is 36.9 Å². The molecule has 0 spiro atoms. The van der Waals surface area contributed by atoms with Gasteiger partial charge in [0.2, 0.25) is 29.5 Å². The van der Waals surface area contributed by atoms with Crippen LogP contribution in [0.25, 0.3) is 0 Å². The van der Waals surface area contributed by atoms with Crippen LogP contribution in [0.4, 0.5) is 0 Å². The van der Waals surface area contributed by atoms with Gasteiger partial charge in [-0.3, -0.25) is 33.8 Å². The number of rotatable bonds is 24. The third kappa shape index (κ3) is 17.0. The minimum atomic E-state index is -0.997. The normalized spacial score (nSPS) is 14.8. The summed E-state index contributed by atoms with van der Waals surface area (Å²) in [6.45, 7) is 15.6. The predicted octanol–water partition coefficient (Wildman–Crippen LogP) is 2.42. The molecule has 0 aromatic carbocycles. The van der Waals surface area contributed by atoms with Crippen molar-refractivity contribution in [3.63, 3.8) is 0 Å². The second-order valence-electron chi connectivity index (χ2n) is 13.8. The van der Waals surface area contributed by atoms with Crippen molar-refractivity contribution in [1.29, 1.82) is 0 Å². The lowest BCUT2D eigenvalue weighted by atomic mass is 9.97. The first-order valence-electron chi connectivity index (χ1n) is 17.9. The van der Waals surface area contributed by atoms with Crippen molar-refractivity contribution in [2.45, 2.75) is 137 Å². The number of amides is 5. The van der Waals surface area contributed by atoms with Gasteiger partial charge in [0.1, 0.15) is 18.1 Å². The maximum Gasteiger partial charge on any atom is 0.303 e. The van der Waals surface area contributed by atoms with Crippen molar-refractivity contribution in [2.24, 2.45) is 17.8 Å². The Morgan fingerprint density at radius 3 is 2.08 bits per heavy atom. The Morgan fingerprint density at radius 1 is 0.820 bits per heavy atom. The number of carboxylic acid groups (broad SMARTS) is 1. The fourth-order valence-electron chi connectivity index (χ4n) is 5.26. The number of carboxylic acids is 1. The Balaban J connectivity index is 2.88. The van der Waals surface area contributed by atoms with E-state index in [1.54, 1.807) is 25.4 Å². The van der Waals surface area contributed by atoms with Crippen LogP contribution in [0.3, 0.4) is 0 Å². The highest BCUT2D eigenvalue weighted by molar-refractivity contribution is 5.92. The van der Waals surface area contributed by atoms with Gasteiger partial charge in [-0.2, -0.15) is 0 Å². The third-order valence-corrected chi connectivity index (χ3v) is 8.42. The lowest BCUT2D eigenvalue weighted by molar-refractivity contribution is -0.137. The van der Waals surface area contributed by atoms with Gasteiger partial charge in [0, 0.05) is 44.4 Å². The van der Waals surface area contributed by atoms with Crippen molar-refractivity contribution in [3.8, 4) is 0 Å². The zero-order chi connectivity index (χ0) is 37.8. The van der Waals surface area contributed by atoms with E-state index in [2.05, 4.69) is 36.9 Å². The summed E-state index contributed by atoms with van der Waals surface area (Å²) in [5, 5.41) is 26.4. The second kappa shape index (κ2) is 23.4. The van der Waals surface area contributed by atoms with E-state index >= 15 is 0 Å². The molecule has 5 amide bonds. The number of nitrogens with zero attached hydrogens (tertiary/aromatic N) is 1. The topological polar surface area (TPSA) is 208 Å². The molecule has 0 aliphatic rings. The van der Waals surface area contributed by atoms with Crippen LogP contribution in [0.2, 0.25) is 0 Å². The molecule has 282 valence electrons. The molecule has 1 unspecified atom stereocenters. The van der Waals surface area contributed by atoms with Crippen LogP contribution in [0, 0.1) is 17.8 Å². The summed E-state index contributed by atoms with van der Waals surface area (Å²) in [4.78, 5) is 80.5. The Labute approximate surface area is 297 Å². The molecule has 0 fully saturated rings. The first-order chi connectivity index (χ1) is 23.6. The summed E-state index contributed by atoms with van der Waals surface area (Å²) in [7, 11) is 0. The number of carbonyl (C=O) groups is 6. The van der Waals surface area contributed by atoms with Crippen molar-refractivity contribution in [3.05, 3.63) is 30.1 Å². The Morgan fingerprint density at radius 2 is 1.52 bits per heavy atom. The van der Waals surface area contributed by atoms with Crippen molar-refractivity contribution < 1.29 is 33.9 Å². The van der Waals surface area contributed by atoms with E-state index < -0.39 is 42.0 Å². The van der Waals surface area contributed by atoms with Gasteiger partial charge in [0.25, 0.3) is 0 Å². The van der Waals surface area contributed by atoms with Gasteiger partial charge in [-0.05, 0) is 55.6 Å². The van der Waals surface area contributed by atoms with E-state index in [1.807, 2.05) is 54.5 Å². The van der Waals surface area contributed by atoms with Gasteiger partial charge in [-0.25, -0.2) is 0 Å². The largest absolute Gasteiger partial charge is 0.481 e. The van der Waals surface area contributed by atoms with Gasteiger partial charge in [0.15, 0.2) is 0 Å². The van der Waals surface area contributed by atoms with Crippen LogP contribution in [0.15, 0.2) is 24.5 Å². The van der Waals surface area contributed by atoms with Gasteiger partial charge >= 0.3 is 5.97 Å². The van der Waals surface area contributed by atoms with E-state index in [0.29, 0.717) is 25.7 Å². The molecule has 1 heterocycles. The fourth-order valence-corrected chi connectivity index (χ4v) is 5.26. The minimum Gasteiger partial charge on any atom is -0.481 e. The highest BCUT2D eigenvalue weighted by Gasteiger charge is 2.31. The molecule has 14 nitrogen and oxygen atoms in total. The number of aliphatic carboxylic acids is 1. The first kappa shape index (κ1) is 44.0. The van der Waals surface area contributed by atoms with Crippen LogP contribution in [0.5, 0.6) is 0 Å². The number of nitrogens with one attached hydrogen (secondary N) is 6. The quantitative estimate of drug-likeness (QED) is 0.0843. The average molecular weight is 704 g/mol. The van der Waals surface area contributed by atoms with Crippen molar-refractivity contribution >= 4 is 35.5 Å². The van der Waals surface area contributed by atoms with E-state index in [9.17, 15) is 28.8 Å². The molecule has 0 saturated carbocycles. The van der Waals surface area contributed by atoms with Gasteiger partial charge in [0.05, 0.1) is 6.04 Å². The zero-order valence-electron chi connectivity index (χ0n) is 31.1. The standard InChI is InChI=1S/C36H61N7O7/c1-9-13-28(41-36(50)32(24(7)10-2)42-29(44)15-11-16-30(45)46)34(48)40-27(18-22(3)4)21-38-25(8)33(47)43-31(23(5)6)35(49)39-20-26-14-12-17-37-19-26/h12,14,17,19,22-25,27-28,31-32,38H,9-11,13,15-16,18,20-21H2,1-8H3,(H,39,49)(H,40,48)(H,41,50)(H,42,44)(H,43,47)(H,45,46)/t24-,25-,27?,28-,31-,32-/m0/s1. The molecule has 1 aromatic heterocycles. The van der Waals surface area contributed by atoms with E-state index in [1.165, 1.54) is 0 Å². The molecule has 14 heteroatoms. The van der Waals surface area contributed by atoms with Crippen molar-refractivity contribution in [2.75, 3.05) is 6.54 Å². The van der Waals surface area contributed by atoms with Crippen LogP contribution >= 0.6 is 0 Å². The maximum atomic E-state index is 13.6. The fraction of sp³-hybridized carbons (Fsp3) is 0.694. The molecule has 50 heavy (non-hydrogen) atoms. The lowest BCUT2D eigenvalue weighted by Gasteiger charge is -2.29. The minimum absolute atomic E-state index is 0.0246. The number of pyridine rings is 1. The highest BCUT2D eigenvalue weighted by Crippen LogP contribution is 2.12. The van der Waals surface area contributed by atoms with Gasteiger partial charge in [-0.15, -0.1) is 0 Å². The Kier molecular flexibility index (Phi) is 20.5. The second-order valence-corrected chi connectivity index (χ2v) is 13.8. The molecule has 0 saturated heterocycles. The smallest absolute Gasteiger partial charge is 0.303 e. The molecule has 0 aliphatic heterocycles. The summed E-state index contributed by atoms with van der Waals surface area (Å²) < 4.78 is 0. The monoisotopic (exact) mass is 703 g/mol. The zero-order valence-corrected chi connectivity index (χ0v) is 31.1. The van der Waals surface area contributed by atoms with E-state index in [-0.39, 0.29) is 73.9 Å². The first-order valence-corrected chi connectivity index (χ1v) is 17.9. The lowest BCUT2D eigenvalue weighted by Crippen LogP contribution is -2.58. The Hall–Kier alpha value is -4.07. The molecule has 7 N–H and O–H groups in total. The molecule has 0 radical (unpaired) electrons. The summed E-state index contributed by atoms with van der Waals surface area (Å²) in [5.74, 6) is -3.10. The van der Waals surface area contributed by atoms with Gasteiger partial charge < -0.3 is 37.0 Å². The summed E-state index contributed by atoms with van der Waals surface area (Å²) in [6.07, 6.45) is 5.49. The predicted molar refractivity (Wildman–Crippen MR) is 191 cm³/mol. The van der Waals surface area contributed by atoms with Crippen LogP contribution in [0.1, 0.15) is 106 Å². The summed E-state index contributed by atoms with van der Waals surface area (Å²) in [5.41, 5.74) is 0.843. The summed E-state index contributed by atoms with van der Waals surface area (Å²) in [6, 6.07) is 0.118. The third-order valence-electron chi connectivity index (χ3n) is 8.42. The van der Waals surface area contributed by atoms with Crippen LogP contribution in [-0.4, -0.2) is 82.3 Å². The maximum absolute atomic E-state index is 13.6. The molecule has 6 atom stereocenters. The molecular weight excluding hydrogens is 642 g/mol. The molecular formula is C36H61N7O7. The van der Waals surface area contributed by atoms with E-state index in [4.69, 9.17) is 5.11 Å². The number of hydrogen-bond donors (Lipinski definition) is 7. The Bertz CT molecular complexity index is 1230. The summed E-state index contributed by atoms with van der Waals surface area (Å²) >= 11 is 0. The average Bonchev–Trinajstić information content (AvgIpc) is 3.06.